The smallest absolute Gasteiger partial charge is 0.319 e. The van der Waals surface area contributed by atoms with Crippen molar-refractivity contribution in [1.29, 1.82) is 0 Å². The van der Waals surface area contributed by atoms with E-state index in [9.17, 15) is 4.79 Å². The molecular formula is C12H17BrN2O. The molecule has 0 radical (unpaired) electrons. The Morgan fingerprint density at radius 1 is 1.25 bits per heavy atom. The van der Waals surface area contributed by atoms with Crippen molar-refractivity contribution in [2.75, 3.05) is 11.9 Å². The Hall–Kier alpha value is -1.03. The van der Waals surface area contributed by atoms with Crippen LogP contribution in [0.15, 0.2) is 28.7 Å². The summed E-state index contributed by atoms with van der Waals surface area (Å²) in [6, 6.07) is 7.36. The zero-order valence-corrected chi connectivity index (χ0v) is 11.0. The lowest BCUT2D eigenvalue weighted by atomic mass is 10.2. The molecule has 0 fully saturated rings. The highest BCUT2D eigenvalue weighted by Crippen LogP contribution is 2.13. The second-order valence-corrected chi connectivity index (χ2v) is 4.51. The van der Waals surface area contributed by atoms with Crippen molar-refractivity contribution in [3.63, 3.8) is 0 Å². The summed E-state index contributed by atoms with van der Waals surface area (Å²) in [6.45, 7) is 2.87. The molecule has 0 bridgehead atoms. The van der Waals surface area contributed by atoms with Crippen LogP contribution < -0.4 is 10.6 Å². The number of benzene rings is 1. The van der Waals surface area contributed by atoms with Crippen LogP contribution >= 0.6 is 15.9 Å². The van der Waals surface area contributed by atoms with E-state index in [0.717, 1.165) is 36.0 Å². The first kappa shape index (κ1) is 13.0. The summed E-state index contributed by atoms with van der Waals surface area (Å²) in [5.41, 5.74) is 0.802. The highest BCUT2D eigenvalue weighted by Gasteiger charge is 1.99. The molecule has 1 rings (SSSR count). The van der Waals surface area contributed by atoms with E-state index in [2.05, 4.69) is 33.5 Å². The zero-order chi connectivity index (χ0) is 11.8. The molecule has 0 heterocycles. The molecule has 16 heavy (non-hydrogen) atoms. The molecular weight excluding hydrogens is 268 g/mol. The van der Waals surface area contributed by atoms with Crippen LogP contribution in [-0.2, 0) is 0 Å². The number of nitrogens with one attached hydrogen (secondary N) is 2. The molecule has 3 nitrogen and oxygen atoms in total. The molecule has 0 aliphatic rings. The molecule has 2 amide bonds. The highest BCUT2D eigenvalue weighted by molar-refractivity contribution is 9.10. The minimum Gasteiger partial charge on any atom is -0.338 e. The summed E-state index contributed by atoms with van der Waals surface area (Å²) in [6.07, 6.45) is 3.35. The average Bonchev–Trinajstić information content (AvgIpc) is 2.28. The number of amides is 2. The Morgan fingerprint density at radius 3 is 2.56 bits per heavy atom. The Labute approximate surface area is 105 Å². The highest BCUT2D eigenvalue weighted by atomic mass is 79.9. The SMILES string of the molecule is CCCCCNC(=O)Nc1ccc(Br)cc1. The van der Waals surface area contributed by atoms with Gasteiger partial charge in [0, 0.05) is 16.7 Å². The fourth-order valence-corrected chi connectivity index (χ4v) is 1.55. The number of carbonyl (C=O) groups excluding carboxylic acids is 1. The molecule has 0 saturated heterocycles. The van der Waals surface area contributed by atoms with Gasteiger partial charge in [0.25, 0.3) is 0 Å². The van der Waals surface area contributed by atoms with Gasteiger partial charge in [0.1, 0.15) is 0 Å². The van der Waals surface area contributed by atoms with Crippen LogP contribution in [0.4, 0.5) is 10.5 Å². The fraction of sp³-hybridized carbons (Fsp3) is 0.417. The summed E-state index contributed by atoms with van der Waals surface area (Å²) in [5.74, 6) is 0. The Kier molecular flexibility index (Phi) is 5.93. The van der Waals surface area contributed by atoms with Crippen LogP contribution in [-0.4, -0.2) is 12.6 Å². The number of rotatable bonds is 5. The molecule has 0 aliphatic heterocycles. The van der Waals surface area contributed by atoms with E-state index < -0.39 is 0 Å². The first-order valence-corrected chi connectivity index (χ1v) is 6.32. The van der Waals surface area contributed by atoms with Gasteiger partial charge in [-0.1, -0.05) is 35.7 Å². The number of carbonyl (C=O) groups is 1. The van der Waals surface area contributed by atoms with E-state index in [1.165, 1.54) is 0 Å². The summed E-state index contributed by atoms with van der Waals surface area (Å²) < 4.78 is 1.00. The van der Waals surface area contributed by atoms with E-state index >= 15 is 0 Å². The number of unbranched alkanes of at least 4 members (excludes halogenated alkanes) is 2. The second kappa shape index (κ2) is 7.28. The van der Waals surface area contributed by atoms with E-state index in [1.54, 1.807) is 0 Å². The average molecular weight is 285 g/mol. The molecule has 0 aromatic heterocycles. The third-order valence-corrected chi connectivity index (χ3v) is 2.70. The van der Waals surface area contributed by atoms with Gasteiger partial charge in [0.05, 0.1) is 0 Å². The van der Waals surface area contributed by atoms with Crippen molar-refractivity contribution in [1.82, 2.24) is 5.32 Å². The van der Waals surface area contributed by atoms with Gasteiger partial charge in [0.2, 0.25) is 0 Å². The van der Waals surface area contributed by atoms with E-state index in [4.69, 9.17) is 0 Å². The minimum atomic E-state index is -0.140. The van der Waals surface area contributed by atoms with Gasteiger partial charge in [-0.05, 0) is 30.7 Å². The lowest BCUT2D eigenvalue weighted by Crippen LogP contribution is -2.29. The molecule has 0 unspecified atom stereocenters. The lowest BCUT2D eigenvalue weighted by molar-refractivity contribution is 0.252. The summed E-state index contributed by atoms with van der Waals surface area (Å²) >= 11 is 3.34. The van der Waals surface area contributed by atoms with Gasteiger partial charge < -0.3 is 10.6 Å². The number of urea groups is 1. The van der Waals surface area contributed by atoms with Crippen LogP contribution in [0.3, 0.4) is 0 Å². The molecule has 2 N–H and O–H groups in total. The quantitative estimate of drug-likeness (QED) is 0.795. The number of hydrogen-bond acceptors (Lipinski definition) is 1. The monoisotopic (exact) mass is 284 g/mol. The van der Waals surface area contributed by atoms with Gasteiger partial charge in [-0.15, -0.1) is 0 Å². The zero-order valence-electron chi connectivity index (χ0n) is 9.42. The van der Waals surface area contributed by atoms with Crippen LogP contribution in [0.1, 0.15) is 26.2 Å². The van der Waals surface area contributed by atoms with Crippen molar-refractivity contribution in [3.8, 4) is 0 Å². The lowest BCUT2D eigenvalue weighted by Gasteiger charge is -2.07. The predicted molar refractivity (Wildman–Crippen MR) is 70.7 cm³/mol. The Bertz CT molecular complexity index is 324. The van der Waals surface area contributed by atoms with Crippen LogP contribution in [0.25, 0.3) is 0 Å². The van der Waals surface area contributed by atoms with E-state index in [-0.39, 0.29) is 6.03 Å². The topological polar surface area (TPSA) is 41.1 Å². The molecule has 4 heteroatoms. The predicted octanol–water partition coefficient (Wildman–Crippen LogP) is 3.76. The van der Waals surface area contributed by atoms with Crippen LogP contribution in [0.2, 0.25) is 0 Å². The fourth-order valence-electron chi connectivity index (χ4n) is 1.29. The molecule has 88 valence electrons. The third kappa shape index (κ3) is 5.16. The van der Waals surface area contributed by atoms with E-state index in [1.807, 2.05) is 24.3 Å². The molecule has 0 saturated carbocycles. The van der Waals surface area contributed by atoms with Gasteiger partial charge in [0.15, 0.2) is 0 Å². The van der Waals surface area contributed by atoms with Crippen molar-refractivity contribution >= 4 is 27.6 Å². The molecule has 1 aromatic rings. The molecule has 0 atom stereocenters. The second-order valence-electron chi connectivity index (χ2n) is 3.59. The van der Waals surface area contributed by atoms with Gasteiger partial charge in [-0.3, -0.25) is 0 Å². The van der Waals surface area contributed by atoms with Gasteiger partial charge >= 0.3 is 6.03 Å². The Balaban J connectivity index is 2.26. The largest absolute Gasteiger partial charge is 0.338 e. The molecule has 0 spiro atoms. The van der Waals surface area contributed by atoms with Crippen molar-refractivity contribution in [2.24, 2.45) is 0 Å². The van der Waals surface area contributed by atoms with Gasteiger partial charge in [-0.2, -0.15) is 0 Å². The van der Waals surface area contributed by atoms with Crippen molar-refractivity contribution in [2.45, 2.75) is 26.2 Å². The minimum absolute atomic E-state index is 0.140. The summed E-state index contributed by atoms with van der Waals surface area (Å²) in [5, 5.41) is 5.59. The molecule has 1 aromatic carbocycles. The number of halogens is 1. The maximum absolute atomic E-state index is 11.4. The Morgan fingerprint density at radius 2 is 1.94 bits per heavy atom. The normalized spacial score (nSPS) is 9.88. The van der Waals surface area contributed by atoms with Crippen molar-refractivity contribution in [3.05, 3.63) is 28.7 Å². The first-order chi connectivity index (χ1) is 7.72. The first-order valence-electron chi connectivity index (χ1n) is 5.53. The van der Waals surface area contributed by atoms with Crippen LogP contribution in [0.5, 0.6) is 0 Å². The molecule has 0 aliphatic carbocycles. The maximum atomic E-state index is 11.4. The van der Waals surface area contributed by atoms with Crippen molar-refractivity contribution < 1.29 is 4.79 Å². The summed E-state index contributed by atoms with van der Waals surface area (Å²) in [7, 11) is 0. The standard InChI is InChI=1S/C12H17BrN2O/c1-2-3-4-9-14-12(16)15-11-7-5-10(13)6-8-11/h5-8H,2-4,9H2,1H3,(H2,14,15,16). The van der Waals surface area contributed by atoms with Gasteiger partial charge in [-0.25, -0.2) is 4.79 Å². The van der Waals surface area contributed by atoms with Crippen LogP contribution in [0, 0.1) is 0 Å². The maximum Gasteiger partial charge on any atom is 0.319 e. The van der Waals surface area contributed by atoms with E-state index in [0.29, 0.717) is 0 Å². The number of hydrogen-bond donors (Lipinski definition) is 2. The number of anilines is 1. The summed E-state index contributed by atoms with van der Waals surface area (Å²) in [4.78, 5) is 11.4. The third-order valence-electron chi connectivity index (χ3n) is 2.17.